The lowest BCUT2D eigenvalue weighted by atomic mass is 9.89. The molecule has 0 saturated heterocycles. The maximum absolute atomic E-state index is 11.7. The molecule has 1 amide bonds. The van der Waals surface area contributed by atoms with E-state index in [0.29, 0.717) is 6.42 Å². The predicted octanol–water partition coefficient (Wildman–Crippen LogP) is -0.362. The van der Waals surface area contributed by atoms with Crippen LogP contribution in [0.3, 0.4) is 0 Å². The normalized spacial score (nSPS) is 23.6. The van der Waals surface area contributed by atoms with Crippen LogP contribution in [0.5, 0.6) is 0 Å². The van der Waals surface area contributed by atoms with E-state index in [-0.39, 0.29) is 17.2 Å². The van der Waals surface area contributed by atoms with Crippen molar-refractivity contribution in [1.29, 1.82) is 0 Å². The van der Waals surface area contributed by atoms with Gasteiger partial charge in [-0.1, -0.05) is 0 Å². The lowest BCUT2D eigenvalue weighted by Gasteiger charge is -2.32. The fourth-order valence-corrected chi connectivity index (χ4v) is 1.67. The molecule has 1 aromatic heterocycles. The van der Waals surface area contributed by atoms with Gasteiger partial charge in [-0.25, -0.2) is 0 Å². The number of nitrogens with zero attached hydrogens (tertiary/aromatic N) is 1. The van der Waals surface area contributed by atoms with Gasteiger partial charge in [-0.2, -0.15) is 0 Å². The van der Waals surface area contributed by atoms with E-state index in [9.17, 15) is 14.7 Å². The summed E-state index contributed by atoms with van der Waals surface area (Å²) in [6, 6.07) is 2.92. The second-order valence-corrected chi connectivity index (χ2v) is 4.06. The fraction of sp³-hybridized carbons (Fsp3) is 0.455. The predicted molar refractivity (Wildman–Crippen MR) is 58.2 cm³/mol. The van der Waals surface area contributed by atoms with Crippen LogP contribution in [0.15, 0.2) is 23.1 Å². The summed E-state index contributed by atoms with van der Waals surface area (Å²) in [7, 11) is 1.59. The topological polar surface area (TPSA) is 71.3 Å². The van der Waals surface area contributed by atoms with Crippen molar-refractivity contribution in [2.45, 2.75) is 25.0 Å². The van der Waals surface area contributed by atoms with Crippen molar-refractivity contribution >= 4 is 5.91 Å². The SMILES string of the molecule is Cn1cccc(C(=O)NC2CCC2O)c1=O. The summed E-state index contributed by atoms with van der Waals surface area (Å²) in [5, 5.41) is 12.0. The first kappa shape index (κ1) is 10.9. The van der Waals surface area contributed by atoms with Gasteiger partial charge >= 0.3 is 0 Å². The first-order chi connectivity index (χ1) is 7.59. The molecule has 0 spiro atoms. The molecule has 5 nitrogen and oxygen atoms in total. The summed E-state index contributed by atoms with van der Waals surface area (Å²) >= 11 is 0. The molecule has 1 fully saturated rings. The van der Waals surface area contributed by atoms with Crippen molar-refractivity contribution in [3.05, 3.63) is 34.2 Å². The van der Waals surface area contributed by atoms with Crippen molar-refractivity contribution in [3.8, 4) is 0 Å². The Kier molecular flexibility index (Phi) is 2.78. The molecular weight excluding hydrogens is 208 g/mol. The highest BCUT2D eigenvalue weighted by Gasteiger charge is 2.30. The number of aliphatic hydroxyl groups excluding tert-OH is 1. The highest BCUT2D eigenvalue weighted by Crippen LogP contribution is 2.19. The van der Waals surface area contributed by atoms with E-state index in [1.165, 1.54) is 10.6 Å². The van der Waals surface area contributed by atoms with Crippen LogP contribution < -0.4 is 10.9 Å². The van der Waals surface area contributed by atoms with E-state index in [4.69, 9.17) is 0 Å². The van der Waals surface area contributed by atoms with Crippen LogP contribution in [0, 0.1) is 0 Å². The number of hydrogen-bond acceptors (Lipinski definition) is 3. The van der Waals surface area contributed by atoms with Crippen LogP contribution in [-0.4, -0.2) is 27.7 Å². The van der Waals surface area contributed by atoms with Gasteiger partial charge in [0.25, 0.3) is 11.5 Å². The standard InChI is InChI=1S/C11H14N2O3/c1-13-6-2-3-7(11(13)16)10(15)12-8-4-5-9(8)14/h2-3,6,8-9,14H,4-5H2,1H3,(H,12,15). The molecule has 0 radical (unpaired) electrons. The maximum atomic E-state index is 11.7. The van der Waals surface area contributed by atoms with Gasteiger partial charge in [0.1, 0.15) is 5.56 Å². The van der Waals surface area contributed by atoms with Gasteiger partial charge in [0.05, 0.1) is 12.1 Å². The third-order valence-corrected chi connectivity index (χ3v) is 2.92. The van der Waals surface area contributed by atoms with E-state index >= 15 is 0 Å². The highest BCUT2D eigenvalue weighted by atomic mass is 16.3. The molecule has 86 valence electrons. The van der Waals surface area contributed by atoms with Crippen LogP contribution in [0.2, 0.25) is 0 Å². The fourth-order valence-electron chi connectivity index (χ4n) is 1.67. The largest absolute Gasteiger partial charge is 0.391 e. The van der Waals surface area contributed by atoms with E-state index in [0.717, 1.165) is 6.42 Å². The number of amides is 1. The minimum atomic E-state index is -0.475. The molecule has 5 heteroatoms. The van der Waals surface area contributed by atoms with Gasteiger partial charge in [0.15, 0.2) is 0 Å². The zero-order valence-corrected chi connectivity index (χ0v) is 9.01. The number of aliphatic hydroxyl groups is 1. The van der Waals surface area contributed by atoms with E-state index < -0.39 is 12.0 Å². The number of carbonyl (C=O) groups is 1. The van der Waals surface area contributed by atoms with Crippen LogP contribution in [-0.2, 0) is 7.05 Å². The molecule has 2 N–H and O–H groups in total. The molecule has 0 bridgehead atoms. The molecule has 2 atom stereocenters. The van der Waals surface area contributed by atoms with Crippen molar-refractivity contribution in [1.82, 2.24) is 9.88 Å². The van der Waals surface area contributed by atoms with Gasteiger partial charge in [0.2, 0.25) is 0 Å². The Bertz CT molecular complexity index is 467. The first-order valence-corrected chi connectivity index (χ1v) is 5.24. The number of rotatable bonds is 2. The summed E-state index contributed by atoms with van der Waals surface area (Å²) < 4.78 is 1.35. The smallest absolute Gasteiger partial charge is 0.263 e. The first-order valence-electron chi connectivity index (χ1n) is 5.24. The Morgan fingerprint density at radius 3 is 2.88 bits per heavy atom. The minimum Gasteiger partial charge on any atom is -0.391 e. The van der Waals surface area contributed by atoms with Gasteiger partial charge < -0.3 is 15.0 Å². The third-order valence-electron chi connectivity index (χ3n) is 2.92. The molecule has 16 heavy (non-hydrogen) atoms. The lowest BCUT2D eigenvalue weighted by Crippen LogP contribution is -2.51. The Morgan fingerprint density at radius 2 is 2.31 bits per heavy atom. The van der Waals surface area contributed by atoms with Gasteiger partial charge in [-0.15, -0.1) is 0 Å². The maximum Gasteiger partial charge on any atom is 0.263 e. The van der Waals surface area contributed by atoms with Crippen LogP contribution in [0.4, 0.5) is 0 Å². The molecule has 2 unspecified atom stereocenters. The number of aryl methyl sites for hydroxylation is 1. The average molecular weight is 222 g/mol. The molecule has 0 aliphatic heterocycles. The van der Waals surface area contributed by atoms with Gasteiger partial charge in [0, 0.05) is 13.2 Å². The Labute approximate surface area is 92.7 Å². The summed E-state index contributed by atoms with van der Waals surface area (Å²) in [4.78, 5) is 23.4. The number of hydrogen-bond donors (Lipinski definition) is 2. The van der Waals surface area contributed by atoms with E-state index in [2.05, 4.69) is 5.32 Å². The lowest BCUT2D eigenvalue weighted by molar-refractivity contribution is 0.0447. The van der Waals surface area contributed by atoms with Crippen LogP contribution in [0.1, 0.15) is 23.2 Å². The Morgan fingerprint density at radius 1 is 1.56 bits per heavy atom. The second kappa shape index (κ2) is 4.09. The molecular formula is C11H14N2O3. The summed E-state index contributed by atoms with van der Waals surface area (Å²) in [6.45, 7) is 0. The highest BCUT2D eigenvalue weighted by molar-refractivity contribution is 5.94. The summed E-state index contributed by atoms with van der Waals surface area (Å²) in [6.07, 6.45) is 2.59. The summed E-state index contributed by atoms with van der Waals surface area (Å²) in [5.74, 6) is -0.412. The molecule has 0 aromatic carbocycles. The van der Waals surface area contributed by atoms with Crippen molar-refractivity contribution in [3.63, 3.8) is 0 Å². The zero-order chi connectivity index (χ0) is 11.7. The number of nitrogens with one attached hydrogen (secondary N) is 1. The Hall–Kier alpha value is -1.62. The second-order valence-electron chi connectivity index (χ2n) is 4.06. The molecule has 1 aromatic rings. The zero-order valence-electron chi connectivity index (χ0n) is 9.01. The summed E-state index contributed by atoms with van der Waals surface area (Å²) in [5.41, 5.74) is -0.210. The minimum absolute atomic E-state index is 0.115. The van der Waals surface area contributed by atoms with E-state index in [1.807, 2.05) is 0 Å². The average Bonchev–Trinajstić information content (AvgIpc) is 2.27. The molecule has 1 aliphatic rings. The van der Waals surface area contributed by atoms with E-state index in [1.54, 1.807) is 19.3 Å². The number of aromatic nitrogens is 1. The quantitative estimate of drug-likeness (QED) is 0.717. The van der Waals surface area contributed by atoms with Crippen molar-refractivity contribution < 1.29 is 9.90 Å². The van der Waals surface area contributed by atoms with Crippen LogP contribution >= 0.6 is 0 Å². The van der Waals surface area contributed by atoms with Gasteiger partial charge in [-0.3, -0.25) is 9.59 Å². The molecule has 1 saturated carbocycles. The van der Waals surface area contributed by atoms with Crippen molar-refractivity contribution in [2.75, 3.05) is 0 Å². The van der Waals surface area contributed by atoms with Crippen molar-refractivity contribution in [2.24, 2.45) is 7.05 Å². The van der Waals surface area contributed by atoms with Crippen LogP contribution in [0.25, 0.3) is 0 Å². The Balaban J connectivity index is 2.15. The number of carbonyl (C=O) groups excluding carboxylic acids is 1. The third kappa shape index (κ3) is 1.86. The molecule has 2 rings (SSSR count). The van der Waals surface area contributed by atoms with Gasteiger partial charge in [-0.05, 0) is 25.0 Å². The number of pyridine rings is 1. The molecule has 1 heterocycles. The monoisotopic (exact) mass is 222 g/mol. The molecule has 1 aliphatic carbocycles.